The monoisotopic (exact) mass is 615 g/mol. The molecule has 7 nitrogen and oxygen atoms in total. The standard InChI is InChI=1S/C31H31Cl2NO6S/c1-17-12-20(13-18(2)28(17)40-31(3,4)29(36)37)23-15-34(30(38)39-26-11-8-21(32)14-25(26)33)16-24(23)27(35)19-6-9-22(41-5)10-7-19/h6-14,23-24H,15-16H2,1-5H3,(H,36,37)/t23-,24+/m0/s1. The second-order valence-corrected chi connectivity index (χ2v) is 12.3. The molecule has 1 heterocycles. The van der Waals surface area contributed by atoms with E-state index in [-0.39, 0.29) is 35.6 Å². The van der Waals surface area contributed by atoms with Crippen molar-refractivity contribution in [1.29, 1.82) is 0 Å². The number of likely N-dealkylation sites (tertiary alicyclic amines) is 1. The Balaban J connectivity index is 1.67. The highest BCUT2D eigenvalue weighted by Crippen LogP contribution is 2.39. The third kappa shape index (κ3) is 6.83. The van der Waals surface area contributed by atoms with Gasteiger partial charge in [-0.15, -0.1) is 11.8 Å². The van der Waals surface area contributed by atoms with Crippen LogP contribution in [0.2, 0.25) is 10.0 Å². The number of nitrogens with zero attached hydrogens (tertiary/aromatic N) is 1. The molecule has 4 rings (SSSR count). The average molecular weight is 617 g/mol. The van der Waals surface area contributed by atoms with Crippen molar-refractivity contribution >= 4 is 52.8 Å². The Morgan fingerprint density at radius 3 is 2.17 bits per heavy atom. The summed E-state index contributed by atoms with van der Waals surface area (Å²) in [5, 5.41) is 10.2. The first-order chi connectivity index (χ1) is 19.3. The first-order valence-corrected chi connectivity index (χ1v) is 14.9. The predicted molar refractivity (Wildman–Crippen MR) is 161 cm³/mol. The fourth-order valence-electron chi connectivity index (χ4n) is 4.90. The van der Waals surface area contributed by atoms with Crippen LogP contribution in [0.5, 0.6) is 11.5 Å². The average Bonchev–Trinajstić information content (AvgIpc) is 3.37. The number of ether oxygens (including phenoxy) is 2. The molecular weight excluding hydrogens is 585 g/mol. The van der Waals surface area contributed by atoms with Gasteiger partial charge < -0.3 is 19.5 Å². The summed E-state index contributed by atoms with van der Waals surface area (Å²) in [6, 6.07) is 15.8. The third-order valence-corrected chi connectivity index (χ3v) is 8.44. The van der Waals surface area contributed by atoms with Crippen LogP contribution in [0.3, 0.4) is 0 Å². The lowest BCUT2D eigenvalue weighted by atomic mass is 9.82. The van der Waals surface area contributed by atoms with Gasteiger partial charge in [0, 0.05) is 40.4 Å². The van der Waals surface area contributed by atoms with Crippen molar-refractivity contribution in [2.45, 2.75) is 44.1 Å². The number of carboxylic acid groups (broad SMARTS) is 1. The highest BCUT2D eigenvalue weighted by atomic mass is 35.5. The second-order valence-electron chi connectivity index (χ2n) is 10.6. The number of carbonyl (C=O) groups excluding carboxylic acids is 2. The van der Waals surface area contributed by atoms with Gasteiger partial charge in [0.2, 0.25) is 0 Å². The molecule has 0 saturated carbocycles. The van der Waals surface area contributed by atoms with E-state index in [1.807, 2.05) is 44.4 Å². The summed E-state index contributed by atoms with van der Waals surface area (Å²) in [5.41, 5.74) is 1.46. The Morgan fingerprint density at radius 1 is 0.976 bits per heavy atom. The van der Waals surface area contributed by atoms with Crippen LogP contribution < -0.4 is 9.47 Å². The van der Waals surface area contributed by atoms with Crippen LogP contribution in [-0.2, 0) is 4.79 Å². The van der Waals surface area contributed by atoms with Gasteiger partial charge in [-0.2, -0.15) is 0 Å². The van der Waals surface area contributed by atoms with Crippen molar-refractivity contribution in [2.75, 3.05) is 19.3 Å². The van der Waals surface area contributed by atoms with E-state index in [0.29, 0.717) is 16.3 Å². The molecule has 1 aliphatic heterocycles. The van der Waals surface area contributed by atoms with Crippen LogP contribution in [0.1, 0.15) is 46.8 Å². The summed E-state index contributed by atoms with van der Waals surface area (Å²) in [6.07, 6.45) is 1.35. The Labute approximate surface area is 253 Å². The number of hydrogen-bond acceptors (Lipinski definition) is 6. The summed E-state index contributed by atoms with van der Waals surface area (Å²) in [5.74, 6) is -1.38. The maximum atomic E-state index is 13.8. The predicted octanol–water partition coefficient (Wildman–Crippen LogP) is 7.67. The molecule has 0 aromatic heterocycles. The van der Waals surface area contributed by atoms with E-state index < -0.39 is 23.6 Å². The van der Waals surface area contributed by atoms with Crippen molar-refractivity contribution in [1.82, 2.24) is 4.90 Å². The molecule has 10 heteroatoms. The fraction of sp³-hybridized carbons (Fsp3) is 0.323. The van der Waals surface area contributed by atoms with E-state index in [1.165, 1.54) is 30.9 Å². The number of carboxylic acids is 1. The summed E-state index contributed by atoms with van der Waals surface area (Å²) in [4.78, 5) is 41.3. The van der Waals surface area contributed by atoms with Crippen LogP contribution in [0.25, 0.3) is 0 Å². The fourth-order valence-corrected chi connectivity index (χ4v) is 5.76. The number of ketones is 1. The largest absolute Gasteiger partial charge is 0.478 e. The minimum absolute atomic E-state index is 0.0786. The zero-order chi connectivity index (χ0) is 30.1. The highest BCUT2D eigenvalue weighted by molar-refractivity contribution is 7.98. The van der Waals surface area contributed by atoms with Crippen LogP contribution >= 0.6 is 35.0 Å². The van der Waals surface area contributed by atoms with Gasteiger partial charge in [-0.3, -0.25) is 4.79 Å². The highest BCUT2D eigenvalue weighted by Gasteiger charge is 2.42. The number of amides is 1. The molecule has 3 aromatic carbocycles. The van der Waals surface area contributed by atoms with Gasteiger partial charge in [0.15, 0.2) is 17.1 Å². The van der Waals surface area contributed by atoms with E-state index in [9.17, 15) is 19.5 Å². The molecule has 1 N–H and O–H groups in total. The summed E-state index contributed by atoms with van der Waals surface area (Å²) in [6.45, 7) is 7.05. The van der Waals surface area contributed by atoms with Gasteiger partial charge in [-0.1, -0.05) is 47.5 Å². The topological polar surface area (TPSA) is 93.1 Å². The molecule has 1 fully saturated rings. The maximum Gasteiger partial charge on any atom is 0.415 e. The Morgan fingerprint density at radius 2 is 1.61 bits per heavy atom. The van der Waals surface area contributed by atoms with E-state index in [2.05, 4.69) is 0 Å². The van der Waals surface area contributed by atoms with Gasteiger partial charge in [0.05, 0.1) is 5.02 Å². The number of halogens is 2. The summed E-state index contributed by atoms with van der Waals surface area (Å²) >= 11 is 13.8. The lowest BCUT2D eigenvalue weighted by Crippen LogP contribution is -2.38. The molecule has 1 amide bonds. The molecule has 0 radical (unpaired) electrons. The zero-order valence-corrected chi connectivity index (χ0v) is 25.7. The molecule has 41 heavy (non-hydrogen) atoms. The first-order valence-electron chi connectivity index (χ1n) is 12.9. The number of benzene rings is 3. The van der Waals surface area contributed by atoms with Crippen LogP contribution in [0.15, 0.2) is 59.5 Å². The quantitative estimate of drug-likeness (QED) is 0.205. The Hall–Kier alpha value is -3.20. The molecule has 0 bridgehead atoms. The molecule has 0 spiro atoms. The minimum Gasteiger partial charge on any atom is -0.478 e. The molecule has 0 unspecified atom stereocenters. The number of carbonyl (C=O) groups is 3. The van der Waals surface area contributed by atoms with Crippen molar-refractivity contribution < 1.29 is 29.0 Å². The van der Waals surface area contributed by atoms with Gasteiger partial charge in [-0.25, -0.2) is 9.59 Å². The molecule has 0 aliphatic carbocycles. The molecule has 3 aromatic rings. The normalized spacial score (nSPS) is 16.9. The maximum absolute atomic E-state index is 13.8. The van der Waals surface area contributed by atoms with Gasteiger partial charge in [0.25, 0.3) is 0 Å². The number of hydrogen-bond donors (Lipinski definition) is 1. The number of rotatable bonds is 8. The number of thioether (sulfide) groups is 1. The first kappa shape index (κ1) is 30.8. The van der Waals surface area contributed by atoms with Gasteiger partial charge in [0.1, 0.15) is 5.75 Å². The molecule has 2 atom stereocenters. The zero-order valence-electron chi connectivity index (χ0n) is 23.4. The number of aryl methyl sites for hydroxylation is 2. The summed E-state index contributed by atoms with van der Waals surface area (Å²) in [7, 11) is 0. The van der Waals surface area contributed by atoms with Gasteiger partial charge in [-0.05, 0) is 81.0 Å². The lowest BCUT2D eigenvalue weighted by Gasteiger charge is -2.26. The Kier molecular flexibility index (Phi) is 9.26. The van der Waals surface area contributed by atoms with Crippen molar-refractivity contribution in [3.63, 3.8) is 0 Å². The second kappa shape index (κ2) is 12.3. The number of Topliss-reactive ketones (excluding diaryl/α,β-unsaturated/α-hetero) is 1. The van der Waals surface area contributed by atoms with Gasteiger partial charge >= 0.3 is 12.1 Å². The van der Waals surface area contributed by atoms with Crippen molar-refractivity contribution in [3.8, 4) is 11.5 Å². The van der Waals surface area contributed by atoms with Crippen molar-refractivity contribution in [2.24, 2.45) is 5.92 Å². The molecule has 216 valence electrons. The molecule has 1 aliphatic rings. The third-order valence-electron chi connectivity index (χ3n) is 7.16. The van der Waals surface area contributed by atoms with Crippen molar-refractivity contribution in [3.05, 3.63) is 86.9 Å². The minimum atomic E-state index is -1.42. The van der Waals surface area contributed by atoms with E-state index in [4.69, 9.17) is 32.7 Å². The Bertz CT molecular complexity index is 1470. The SMILES string of the molecule is CSc1ccc(C(=O)[C@@H]2CN(C(=O)Oc3ccc(Cl)cc3Cl)C[C@H]2c2cc(C)c(OC(C)(C)C(=O)O)c(C)c2)cc1. The molecule has 1 saturated heterocycles. The van der Waals surface area contributed by atoms with Crippen LogP contribution in [0.4, 0.5) is 4.79 Å². The summed E-state index contributed by atoms with van der Waals surface area (Å²) < 4.78 is 11.5. The number of aliphatic carboxylic acids is 1. The van der Waals surface area contributed by atoms with E-state index >= 15 is 0 Å². The van der Waals surface area contributed by atoms with E-state index in [0.717, 1.165) is 21.6 Å². The lowest BCUT2D eigenvalue weighted by molar-refractivity contribution is -0.152. The smallest absolute Gasteiger partial charge is 0.415 e. The molecular formula is C31H31Cl2NO6S. The van der Waals surface area contributed by atoms with Crippen LogP contribution in [0, 0.1) is 19.8 Å². The van der Waals surface area contributed by atoms with Crippen LogP contribution in [-0.4, -0.2) is 52.8 Å². The van der Waals surface area contributed by atoms with E-state index in [1.54, 1.807) is 30.0 Å².